The molecule has 1 unspecified atom stereocenters. The fraction of sp³-hybridized carbons (Fsp3) is 0.577. The Bertz CT molecular complexity index is 1110. The van der Waals surface area contributed by atoms with Gasteiger partial charge in [-0.2, -0.15) is 0 Å². The molecule has 8 nitrogen and oxygen atoms in total. The van der Waals surface area contributed by atoms with Crippen molar-refractivity contribution < 1.29 is 23.7 Å². The van der Waals surface area contributed by atoms with Crippen molar-refractivity contribution in [3.05, 3.63) is 35.2 Å². The highest BCUT2D eigenvalue weighted by atomic mass is 16.5. The molecule has 0 spiro atoms. The molecule has 184 valence electrons. The van der Waals surface area contributed by atoms with Crippen LogP contribution in [0.25, 0.3) is 10.9 Å². The SMILES string of the molecule is COc1cc2[nH]c3c(c2cc1OC)CCN1C[C@H]2[C@H](C)OC=C(C(=O)OCCN(C)C)[C@H]2CC31. The van der Waals surface area contributed by atoms with Crippen molar-refractivity contribution >= 4 is 16.9 Å². The highest BCUT2D eigenvalue weighted by Crippen LogP contribution is 2.48. The van der Waals surface area contributed by atoms with Gasteiger partial charge in [-0.15, -0.1) is 0 Å². The number of methoxy groups -OCH3 is 2. The van der Waals surface area contributed by atoms with Gasteiger partial charge in [0.05, 0.1) is 38.2 Å². The largest absolute Gasteiger partial charge is 0.497 e. The number of hydrogen-bond acceptors (Lipinski definition) is 7. The summed E-state index contributed by atoms with van der Waals surface area (Å²) < 4.78 is 22.6. The molecule has 3 aliphatic rings. The maximum atomic E-state index is 13.0. The number of piperidine rings is 1. The zero-order chi connectivity index (χ0) is 24.0. The standard InChI is InChI=1S/C26H35N3O5/c1-15-19-13-29-7-6-16-18-11-23(31-4)24(32-5)12-21(18)27-25(16)22(29)10-17(19)20(14-34-15)26(30)33-9-8-28(2)3/h11-12,14-15,17,19,22,27H,6-10,13H2,1-5H3/t15-,17-,19-,22?/m0/s1. The van der Waals surface area contributed by atoms with Crippen molar-refractivity contribution in [1.82, 2.24) is 14.8 Å². The maximum Gasteiger partial charge on any atom is 0.337 e. The highest BCUT2D eigenvalue weighted by Gasteiger charge is 2.47. The molecule has 8 heteroatoms. The summed E-state index contributed by atoms with van der Waals surface area (Å²) in [5, 5.41) is 1.19. The lowest BCUT2D eigenvalue weighted by Crippen LogP contribution is -2.51. The molecule has 0 bridgehead atoms. The molecule has 0 saturated carbocycles. The van der Waals surface area contributed by atoms with Gasteiger partial charge < -0.3 is 28.8 Å². The van der Waals surface area contributed by atoms with Gasteiger partial charge in [-0.3, -0.25) is 4.90 Å². The normalized spacial score (nSPS) is 26.2. The number of esters is 1. The van der Waals surface area contributed by atoms with E-state index in [1.807, 2.05) is 25.1 Å². The predicted octanol–water partition coefficient (Wildman–Crippen LogP) is 3.13. The van der Waals surface area contributed by atoms with E-state index in [9.17, 15) is 4.79 Å². The molecule has 34 heavy (non-hydrogen) atoms. The first-order valence-corrected chi connectivity index (χ1v) is 12.1. The van der Waals surface area contributed by atoms with Gasteiger partial charge in [0.25, 0.3) is 0 Å². The number of nitrogens with one attached hydrogen (secondary N) is 1. The Morgan fingerprint density at radius 1 is 1.24 bits per heavy atom. The molecule has 0 aliphatic carbocycles. The van der Waals surface area contributed by atoms with Crippen LogP contribution in [0.15, 0.2) is 24.0 Å². The fourth-order valence-corrected chi connectivity index (χ4v) is 5.85. The Morgan fingerprint density at radius 2 is 2.00 bits per heavy atom. The quantitative estimate of drug-likeness (QED) is 0.652. The van der Waals surface area contributed by atoms with Crippen molar-refractivity contribution in [3.8, 4) is 11.5 Å². The lowest BCUT2D eigenvalue weighted by atomic mass is 9.72. The molecule has 1 N–H and O–H groups in total. The van der Waals surface area contributed by atoms with Gasteiger partial charge in [0.15, 0.2) is 11.5 Å². The minimum Gasteiger partial charge on any atom is -0.497 e. The van der Waals surface area contributed by atoms with E-state index in [2.05, 4.69) is 22.9 Å². The van der Waals surface area contributed by atoms with Gasteiger partial charge in [0.2, 0.25) is 0 Å². The minimum atomic E-state index is -0.251. The van der Waals surface area contributed by atoms with Gasteiger partial charge >= 0.3 is 5.97 Å². The molecular formula is C26H35N3O5. The summed E-state index contributed by atoms with van der Waals surface area (Å²) in [5.74, 6) is 1.59. The number of fused-ring (bicyclic) bond motifs is 6. The predicted molar refractivity (Wildman–Crippen MR) is 129 cm³/mol. The first kappa shape index (κ1) is 23.1. The molecule has 1 fully saturated rings. The van der Waals surface area contributed by atoms with Crippen molar-refractivity contribution in [2.45, 2.75) is 31.9 Å². The Balaban J connectivity index is 1.45. The van der Waals surface area contributed by atoms with Gasteiger partial charge in [-0.1, -0.05) is 0 Å². The van der Waals surface area contributed by atoms with Crippen LogP contribution in [0.1, 0.15) is 30.6 Å². The number of carbonyl (C=O) groups is 1. The van der Waals surface area contributed by atoms with Crippen molar-refractivity contribution in [2.24, 2.45) is 11.8 Å². The summed E-state index contributed by atoms with van der Waals surface area (Å²) in [7, 11) is 7.27. The Labute approximate surface area is 200 Å². The molecular weight excluding hydrogens is 434 g/mol. The van der Waals surface area contributed by atoms with E-state index in [0.29, 0.717) is 18.7 Å². The number of aromatic amines is 1. The third-order valence-corrected chi connectivity index (χ3v) is 7.73. The maximum absolute atomic E-state index is 13.0. The number of hydrogen-bond donors (Lipinski definition) is 1. The topological polar surface area (TPSA) is 76.3 Å². The average Bonchev–Trinajstić information content (AvgIpc) is 3.20. The number of ether oxygens (including phenoxy) is 4. The lowest BCUT2D eigenvalue weighted by molar-refractivity contribution is -0.142. The van der Waals surface area contributed by atoms with Crippen LogP contribution in [0.5, 0.6) is 11.5 Å². The molecule has 1 saturated heterocycles. The van der Waals surface area contributed by atoms with Crippen LogP contribution in [0.2, 0.25) is 0 Å². The van der Waals surface area contributed by atoms with Gasteiger partial charge in [-0.05, 0) is 45.5 Å². The van der Waals surface area contributed by atoms with Gasteiger partial charge in [0, 0.05) is 54.1 Å². The first-order valence-electron chi connectivity index (χ1n) is 12.1. The summed E-state index contributed by atoms with van der Waals surface area (Å²) in [5.41, 5.74) is 4.32. The second-order valence-electron chi connectivity index (χ2n) is 9.89. The minimum absolute atomic E-state index is 0.0712. The molecule has 1 aromatic heterocycles. The third kappa shape index (κ3) is 3.92. The summed E-state index contributed by atoms with van der Waals surface area (Å²) in [6.45, 7) is 5.08. The lowest BCUT2D eigenvalue weighted by Gasteiger charge is -2.49. The molecule has 1 aromatic carbocycles. The third-order valence-electron chi connectivity index (χ3n) is 7.73. The number of rotatable bonds is 6. The molecule has 0 radical (unpaired) electrons. The second-order valence-corrected chi connectivity index (χ2v) is 9.89. The number of carbonyl (C=O) groups excluding carboxylic acids is 1. The number of benzene rings is 1. The number of aromatic nitrogens is 1. The number of likely N-dealkylation sites (N-methyl/N-ethyl adjacent to an activating group) is 1. The van der Waals surface area contributed by atoms with Crippen LogP contribution in [0, 0.1) is 11.8 Å². The fourth-order valence-electron chi connectivity index (χ4n) is 5.85. The van der Waals surface area contributed by atoms with Crippen LogP contribution in [-0.4, -0.2) is 81.4 Å². The van der Waals surface area contributed by atoms with E-state index in [1.165, 1.54) is 16.6 Å². The molecule has 3 aliphatic heterocycles. The van der Waals surface area contributed by atoms with Crippen LogP contribution >= 0.6 is 0 Å². The van der Waals surface area contributed by atoms with E-state index in [0.717, 1.165) is 42.9 Å². The number of nitrogens with zero attached hydrogens (tertiary/aromatic N) is 2. The monoisotopic (exact) mass is 469 g/mol. The Morgan fingerprint density at radius 3 is 2.74 bits per heavy atom. The van der Waals surface area contributed by atoms with E-state index in [4.69, 9.17) is 18.9 Å². The van der Waals surface area contributed by atoms with Crippen LogP contribution in [-0.2, 0) is 20.7 Å². The zero-order valence-corrected chi connectivity index (χ0v) is 20.7. The Hall–Kier alpha value is -2.71. The van der Waals surface area contributed by atoms with Crippen LogP contribution in [0.4, 0.5) is 0 Å². The zero-order valence-electron chi connectivity index (χ0n) is 20.7. The van der Waals surface area contributed by atoms with E-state index in [1.54, 1.807) is 20.5 Å². The van der Waals surface area contributed by atoms with Crippen LogP contribution in [0.3, 0.4) is 0 Å². The smallest absolute Gasteiger partial charge is 0.337 e. The Kier molecular flexibility index (Phi) is 6.20. The number of H-pyrrole nitrogens is 1. The van der Waals surface area contributed by atoms with Crippen LogP contribution < -0.4 is 9.47 Å². The van der Waals surface area contributed by atoms with Crippen molar-refractivity contribution in [3.63, 3.8) is 0 Å². The molecule has 0 amide bonds. The highest BCUT2D eigenvalue weighted by molar-refractivity contribution is 5.90. The molecule has 2 aromatic rings. The van der Waals surface area contributed by atoms with Gasteiger partial charge in [-0.25, -0.2) is 4.79 Å². The summed E-state index contributed by atoms with van der Waals surface area (Å²) in [4.78, 5) is 21.2. The molecule has 5 rings (SSSR count). The first-order chi connectivity index (χ1) is 16.4. The van der Waals surface area contributed by atoms with E-state index in [-0.39, 0.29) is 30.0 Å². The average molecular weight is 470 g/mol. The summed E-state index contributed by atoms with van der Waals surface area (Å²) in [6, 6.07) is 4.32. The van der Waals surface area contributed by atoms with Gasteiger partial charge in [0.1, 0.15) is 6.61 Å². The van der Waals surface area contributed by atoms with Crippen molar-refractivity contribution in [1.29, 1.82) is 0 Å². The van der Waals surface area contributed by atoms with E-state index < -0.39 is 0 Å². The second kappa shape index (κ2) is 9.15. The summed E-state index contributed by atoms with van der Waals surface area (Å²) in [6.07, 6.45) is 3.57. The molecule has 4 heterocycles. The summed E-state index contributed by atoms with van der Waals surface area (Å²) >= 11 is 0. The van der Waals surface area contributed by atoms with Crippen molar-refractivity contribution in [2.75, 3.05) is 54.6 Å². The molecule has 4 atom stereocenters. The van der Waals surface area contributed by atoms with E-state index >= 15 is 0 Å².